The molecule has 7 nitrogen and oxygen atoms in total. The Morgan fingerprint density at radius 3 is 2.85 bits per heavy atom. The van der Waals surface area contributed by atoms with Crippen molar-refractivity contribution in [3.05, 3.63) is 46.4 Å². The molecule has 2 N–H and O–H groups in total. The highest BCUT2D eigenvalue weighted by Gasteiger charge is 2.16. The lowest BCUT2D eigenvalue weighted by Gasteiger charge is -2.09. The summed E-state index contributed by atoms with van der Waals surface area (Å²) in [5.41, 5.74) is -1.30. The molecule has 1 aromatic carbocycles. The maximum atomic E-state index is 11.4. The monoisotopic (exact) mass is 276 g/mol. The summed E-state index contributed by atoms with van der Waals surface area (Å²) in [5.74, 6) is -1.61. The summed E-state index contributed by atoms with van der Waals surface area (Å²) in [6.45, 7) is 2.31. The van der Waals surface area contributed by atoms with E-state index in [2.05, 4.69) is 5.10 Å². The van der Waals surface area contributed by atoms with Gasteiger partial charge in [-0.1, -0.05) is 6.07 Å². The minimum atomic E-state index is -1.50. The van der Waals surface area contributed by atoms with Gasteiger partial charge in [-0.05, 0) is 19.1 Å². The lowest BCUT2D eigenvalue weighted by molar-refractivity contribution is 0.0686. The Bertz CT molecular complexity index is 708. The molecule has 1 heterocycles. The van der Waals surface area contributed by atoms with Gasteiger partial charge in [0.2, 0.25) is 5.69 Å². The zero-order chi connectivity index (χ0) is 14.7. The van der Waals surface area contributed by atoms with Crippen molar-refractivity contribution in [1.29, 1.82) is 0 Å². The standard InChI is InChI=1S/C13H12N2O5/c1-2-20-9-5-3-4-8(6-9)15-7-10(16)12(17)11(14-15)13(18)19/h3-7,16H,2H2,1H3,(H,18,19). The zero-order valence-electron chi connectivity index (χ0n) is 10.6. The first-order valence-electron chi connectivity index (χ1n) is 5.82. The number of carboxylic acid groups (broad SMARTS) is 1. The summed E-state index contributed by atoms with van der Waals surface area (Å²) in [7, 11) is 0. The minimum absolute atomic E-state index is 0.466. The lowest BCUT2D eigenvalue weighted by atomic mass is 10.3. The topological polar surface area (TPSA) is 102 Å². The summed E-state index contributed by atoms with van der Waals surface area (Å²) in [4.78, 5) is 22.3. The Hall–Kier alpha value is -2.83. The van der Waals surface area contributed by atoms with Gasteiger partial charge in [0.05, 0.1) is 18.5 Å². The first kappa shape index (κ1) is 13.6. The number of rotatable bonds is 4. The van der Waals surface area contributed by atoms with E-state index in [-0.39, 0.29) is 0 Å². The van der Waals surface area contributed by atoms with Gasteiger partial charge in [0.1, 0.15) is 5.75 Å². The second-order valence-corrected chi connectivity index (χ2v) is 3.87. The van der Waals surface area contributed by atoms with Crippen molar-refractivity contribution in [3.63, 3.8) is 0 Å². The summed E-state index contributed by atoms with van der Waals surface area (Å²) in [5, 5.41) is 22.1. The highest BCUT2D eigenvalue weighted by Crippen LogP contribution is 2.17. The van der Waals surface area contributed by atoms with Crippen LogP contribution >= 0.6 is 0 Å². The average molecular weight is 276 g/mol. The lowest BCUT2D eigenvalue weighted by Crippen LogP contribution is -2.21. The Morgan fingerprint density at radius 2 is 2.20 bits per heavy atom. The average Bonchev–Trinajstić information content (AvgIpc) is 2.42. The van der Waals surface area contributed by atoms with Crippen LogP contribution in [0.5, 0.6) is 11.5 Å². The van der Waals surface area contributed by atoms with Crippen LogP contribution in [0.25, 0.3) is 5.69 Å². The van der Waals surface area contributed by atoms with Crippen LogP contribution in [-0.4, -0.2) is 32.6 Å². The van der Waals surface area contributed by atoms with Crippen molar-refractivity contribution < 1.29 is 19.7 Å². The second-order valence-electron chi connectivity index (χ2n) is 3.87. The number of aromatic nitrogens is 2. The Labute approximate surface area is 113 Å². The smallest absolute Gasteiger partial charge is 0.360 e. The Balaban J connectivity index is 2.55. The number of nitrogens with zero attached hydrogens (tertiary/aromatic N) is 2. The number of aromatic carboxylic acids is 1. The van der Waals surface area contributed by atoms with E-state index in [0.717, 1.165) is 10.9 Å². The third kappa shape index (κ3) is 2.61. The second kappa shape index (κ2) is 5.43. The highest BCUT2D eigenvalue weighted by molar-refractivity contribution is 5.85. The predicted octanol–water partition coefficient (Wildman–Crippen LogP) is 1.03. The number of ether oxygens (including phenoxy) is 1. The molecular formula is C13H12N2O5. The van der Waals surface area contributed by atoms with Crippen LogP contribution in [0, 0.1) is 0 Å². The van der Waals surface area contributed by atoms with Crippen LogP contribution in [0.1, 0.15) is 17.4 Å². The van der Waals surface area contributed by atoms with Crippen LogP contribution in [0.2, 0.25) is 0 Å². The van der Waals surface area contributed by atoms with Gasteiger partial charge in [-0.2, -0.15) is 5.10 Å². The molecule has 0 spiro atoms. The molecule has 0 fully saturated rings. The molecule has 0 amide bonds. The maximum Gasteiger partial charge on any atom is 0.360 e. The van der Waals surface area contributed by atoms with Gasteiger partial charge in [-0.25, -0.2) is 9.48 Å². The summed E-state index contributed by atoms with van der Waals surface area (Å²) < 4.78 is 6.43. The van der Waals surface area contributed by atoms with Gasteiger partial charge >= 0.3 is 5.97 Å². The number of carboxylic acids is 1. The molecule has 104 valence electrons. The molecule has 0 saturated heterocycles. The largest absolute Gasteiger partial charge is 0.503 e. The van der Waals surface area contributed by atoms with Gasteiger partial charge in [0.15, 0.2) is 5.75 Å². The van der Waals surface area contributed by atoms with Crippen LogP contribution in [0.4, 0.5) is 0 Å². The van der Waals surface area contributed by atoms with Crippen molar-refractivity contribution in [3.8, 4) is 17.2 Å². The van der Waals surface area contributed by atoms with Crippen molar-refractivity contribution in [2.45, 2.75) is 6.92 Å². The van der Waals surface area contributed by atoms with E-state index in [0.29, 0.717) is 18.0 Å². The maximum absolute atomic E-state index is 11.4. The van der Waals surface area contributed by atoms with E-state index in [9.17, 15) is 14.7 Å². The fraction of sp³-hybridized carbons (Fsp3) is 0.154. The molecular weight excluding hydrogens is 264 g/mol. The van der Waals surface area contributed by atoms with Gasteiger partial charge in [0.25, 0.3) is 5.43 Å². The number of benzene rings is 1. The van der Waals surface area contributed by atoms with E-state index in [1.807, 2.05) is 6.92 Å². The van der Waals surface area contributed by atoms with Crippen molar-refractivity contribution in [2.75, 3.05) is 6.61 Å². The SMILES string of the molecule is CCOc1cccc(-n2cc(O)c(=O)c(C(=O)O)n2)c1. The van der Waals surface area contributed by atoms with Crippen LogP contribution in [0.15, 0.2) is 35.3 Å². The van der Waals surface area contributed by atoms with Gasteiger partial charge in [-0.15, -0.1) is 0 Å². The third-order valence-electron chi connectivity index (χ3n) is 2.50. The first-order valence-corrected chi connectivity index (χ1v) is 5.82. The molecule has 2 aromatic rings. The highest BCUT2D eigenvalue weighted by atomic mass is 16.5. The van der Waals surface area contributed by atoms with E-state index in [1.54, 1.807) is 24.3 Å². The molecule has 2 rings (SSSR count). The molecule has 7 heteroatoms. The molecule has 20 heavy (non-hydrogen) atoms. The molecule has 0 aliphatic rings. The molecule has 0 aliphatic heterocycles. The quantitative estimate of drug-likeness (QED) is 0.865. The van der Waals surface area contributed by atoms with Crippen LogP contribution in [0.3, 0.4) is 0 Å². The number of aromatic hydroxyl groups is 1. The van der Waals surface area contributed by atoms with E-state index in [4.69, 9.17) is 9.84 Å². The van der Waals surface area contributed by atoms with Gasteiger partial charge < -0.3 is 14.9 Å². The molecule has 0 unspecified atom stereocenters. The first-order chi connectivity index (χ1) is 9.52. The third-order valence-corrected chi connectivity index (χ3v) is 2.50. The molecule has 0 saturated carbocycles. The van der Waals surface area contributed by atoms with Crippen LogP contribution < -0.4 is 10.2 Å². The normalized spacial score (nSPS) is 10.2. The molecule has 0 aliphatic carbocycles. The molecule has 0 radical (unpaired) electrons. The molecule has 0 atom stereocenters. The van der Waals surface area contributed by atoms with Gasteiger partial charge in [0, 0.05) is 6.07 Å². The Kier molecular flexibility index (Phi) is 3.69. The van der Waals surface area contributed by atoms with Gasteiger partial charge in [-0.3, -0.25) is 4.79 Å². The van der Waals surface area contributed by atoms with Crippen molar-refractivity contribution in [2.24, 2.45) is 0 Å². The summed E-state index contributed by atoms with van der Waals surface area (Å²) in [6.07, 6.45) is 1.06. The number of carbonyl (C=O) groups is 1. The van der Waals surface area contributed by atoms with E-state index in [1.165, 1.54) is 0 Å². The number of hydrogen-bond acceptors (Lipinski definition) is 5. The summed E-state index contributed by atoms with van der Waals surface area (Å²) in [6, 6.07) is 6.68. The predicted molar refractivity (Wildman–Crippen MR) is 69.6 cm³/mol. The molecule has 0 bridgehead atoms. The fourth-order valence-corrected chi connectivity index (χ4v) is 1.63. The Morgan fingerprint density at radius 1 is 1.45 bits per heavy atom. The van der Waals surface area contributed by atoms with E-state index >= 15 is 0 Å². The van der Waals surface area contributed by atoms with Crippen molar-refractivity contribution >= 4 is 5.97 Å². The molecule has 1 aromatic heterocycles. The summed E-state index contributed by atoms with van der Waals surface area (Å²) >= 11 is 0. The van der Waals surface area contributed by atoms with Crippen molar-refractivity contribution in [1.82, 2.24) is 9.78 Å². The zero-order valence-corrected chi connectivity index (χ0v) is 10.6. The van der Waals surface area contributed by atoms with Crippen LogP contribution in [-0.2, 0) is 0 Å². The number of hydrogen-bond donors (Lipinski definition) is 2. The fourth-order valence-electron chi connectivity index (χ4n) is 1.63. The minimum Gasteiger partial charge on any atom is -0.503 e. The van der Waals surface area contributed by atoms with E-state index < -0.39 is 22.8 Å².